The maximum atomic E-state index is 5.01. The highest BCUT2D eigenvalue weighted by molar-refractivity contribution is 5.03. The van der Waals surface area contributed by atoms with Gasteiger partial charge in [0.15, 0.2) is 0 Å². The third-order valence-electron chi connectivity index (χ3n) is 2.30. The number of hydrogen-bond donors (Lipinski definition) is 0. The minimum absolute atomic E-state index is 0.864. The fourth-order valence-electron chi connectivity index (χ4n) is 1.27. The molecule has 0 N–H and O–H groups in total. The van der Waals surface area contributed by atoms with Gasteiger partial charge in [-0.25, -0.2) is 0 Å². The SMILES string of the molecule is C=C(CC/C=C(\C)CCC=C(C)C)OC. The molecule has 0 fully saturated rings. The Morgan fingerprint density at radius 2 is 1.67 bits per heavy atom. The van der Waals surface area contributed by atoms with E-state index in [2.05, 4.69) is 39.5 Å². The third-order valence-corrected chi connectivity index (χ3v) is 2.30. The summed E-state index contributed by atoms with van der Waals surface area (Å²) in [4.78, 5) is 0. The third kappa shape index (κ3) is 9.33. The maximum absolute atomic E-state index is 5.01. The molecule has 86 valence electrons. The summed E-state index contributed by atoms with van der Waals surface area (Å²) in [6.07, 6.45) is 8.83. The highest BCUT2D eigenvalue weighted by atomic mass is 16.5. The van der Waals surface area contributed by atoms with Crippen LogP contribution in [0.15, 0.2) is 35.6 Å². The van der Waals surface area contributed by atoms with Crippen LogP contribution in [0.1, 0.15) is 46.5 Å². The number of methoxy groups -OCH3 is 1. The minimum atomic E-state index is 0.864. The highest BCUT2D eigenvalue weighted by Crippen LogP contribution is 2.10. The number of ether oxygens (including phenoxy) is 1. The fourth-order valence-corrected chi connectivity index (χ4v) is 1.27. The van der Waals surface area contributed by atoms with Gasteiger partial charge in [-0.1, -0.05) is 29.9 Å². The standard InChI is InChI=1S/C14H24O/c1-12(2)8-6-9-13(3)10-7-11-14(4)15-5/h8,10H,4,6-7,9,11H2,1-3,5H3/b13-10+. The average Bonchev–Trinajstić information content (AvgIpc) is 2.17. The second-order valence-corrected chi connectivity index (χ2v) is 4.15. The van der Waals surface area contributed by atoms with Gasteiger partial charge in [0.05, 0.1) is 12.9 Å². The molecule has 0 atom stereocenters. The fraction of sp³-hybridized carbons (Fsp3) is 0.571. The van der Waals surface area contributed by atoms with Gasteiger partial charge in [0.1, 0.15) is 0 Å². The largest absolute Gasteiger partial charge is 0.502 e. The smallest absolute Gasteiger partial charge is 0.0887 e. The predicted molar refractivity (Wildman–Crippen MR) is 67.8 cm³/mol. The van der Waals surface area contributed by atoms with Gasteiger partial charge >= 0.3 is 0 Å². The summed E-state index contributed by atoms with van der Waals surface area (Å²) in [5.41, 5.74) is 2.85. The van der Waals surface area contributed by atoms with Crippen LogP contribution in [0.25, 0.3) is 0 Å². The van der Waals surface area contributed by atoms with Crippen molar-refractivity contribution in [2.24, 2.45) is 0 Å². The molecule has 0 saturated carbocycles. The first kappa shape index (κ1) is 14.0. The molecule has 0 radical (unpaired) electrons. The normalized spacial score (nSPS) is 11.1. The molecule has 0 rings (SSSR count). The molecular formula is C14H24O. The number of hydrogen-bond acceptors (Lipinski definition) is 1. The van der Waals surface area contributed by atoms with Crippen LogP contribution >= 0.6 is 0 Å². The van der Waals surface area contributed by atoms with Crippen LogP contribution in [-0.2, 0) is 4.74 Å². The van der Waals surface area contributed by atoms with Crippen molar-refractivity contribution in [1.29, 1.82) is 0 Å². The quantitative estimate of drug-likeness (QED) is 0.438. The van der Waals surface area contributed by atoms with E-state index in [1.54, 1.807) is 7.11 Å². The van der Waals surface area contributed by atoms with E-state index < -0.39 is 0 Å². The lowest BCUT2D eigenvalue weighted by atomic mass is 10.1. The molecule has 0 saturated heterocycles. The molecule has 0 amide bonds. The summed E-state index contributed by atoms with van der Waals surface area (Å²) in [5.74, 6) is 0.864. The van der Waals surface area contributed by atoms with Gasteiger partial charge in [0.2, 0.25) is 0 Å². The van der Waals surface area contributed by atoms with Crippen molar-refractivity contribution >= 4 is 0 Å². The van der Waals surface area contributed by atoms with Crippen molar-refractivity contribution in [3.8, 4) is 0 Å². The Bertz CT molecular complexity index is 242. The minimum Gasteiger partial charge on any atom is -0.502 e. The van der Waals surface area contributed by atoms with Crippen molar-refractivity contribution < 1.29 is 4.74 Å². The van der Waals surface area contributed by atoms with Crippen LogP contribution in [-0.4, -0.2) is 7.11 Å². The first-order chi connectivity index (χ1) is 7.06. The van der Waals surface area contributed by atoms with Crippen LogP contribution in [0.4, 0.5) is 0 Å². The van der Waals surface area contributed by atoms with E-state index in [1.807, 2.05) is 0 Å². The zero-order valence-corrected chi connectivity index (χ0v) is 10.6. The van der Waals surface area contributed by atoms with Gasteiger partial charge in [-0.3, -0.25) is 0 Å². The van der Waals surface area contributed by atoms with Crippen molar-refractivity contribution in [3.63, 3.8) is 0 Å². The second kappa shape index (κ2) is 8.34. The summed E-state index contributed by atoms with van der Waals surface area (Å²) in [6.45, 7) is 10.3. The lowest BCUT2D eigenvalue weighted by Gasteiger charge is -2.02. The molecule has 0 aliphatic rings. The Balaban J connectivity index is 3.70. The summed E-state index contributed by atoms with van der Waals surface area (Å²) in [5, 5.41) is 0. The van der Waals surface area contributed by atoms with Crippen molar-refractivity contribution in [1.82, 2.24) is 0 Å². The number of allylic oxidation sites excluding steroid dienone is 5. The maximum Gasteiger partial charge on any atom is 0.0887 e. The lowest BCUT2D eigenvalue weighted by Crippen LogP contribution is -1.84. The van der Waals surface area contributed by atoms with Crippen molar-refractivity contribution in [3.05, 3.63) is 35.6 Å². The van der Waals surface area contributed by atoms with Gasteiger partial charge in [0.25, 0.3) is 0 Å². The Hall–Kier alpha value is -0.980. The van der Waals surface area contributed by atoms with Gasteiger partial charge in [-0.2, -0.15) is 0 Å². The second-order valence-electron chi connectivity index (χ2n) is 4.15. The first-order valence-corrected chi connectivity index (χ1v) is 5.57. The molecule has 1 nitrogen and oxygen atoms in total. The summed E-state index contributed by atoms with van der Waals surface area (Å²) in [7, 11) is 1.67. The molecule has 15 heavy (non-hydrogen) atoms. The topological polar surface area (TPSA) is 9.23 Å². The lowest BCUT2D eigenvalue weighted by molar-refractivity contribution is 0.280. The van der Waals surface area contributed by atoms with Crippen LogP contribution < -0.4 is 0 Å². The summed E-state index contributed by atoms with van der Waals surface area (Å²) in [6, 6.07) is 0. The van der Waals surface area contributed by atoms with E-state index >= 15 is 0 Å². The predicted octanol–water partition coefficient (Wildman–Crippen LogP) is 4.62. The van der Waals surface area contributed by atoms with Gasteiger partial charge in [-0.05, 0) is 40.0 Å². The van der Waals surface area contributed by atoms with E-state index in [0.29, 0.717) is 0 Å². The van der Waals surface area contributed by atoms with E-state index in [9.17, 15) is 0 Å². The molecule has 0 aliphatic heterocycles. The molecule has 0 unspecified atom stereocenters. The Labute approximate surface area is 94.5 Å². The van der Waals surface area contributed by atoms with Crippen LogP contribution in [0.5, 0.6) is 0 Å². The molecule has 0 bridgehead atoms. The Kier molecular flexibility index (Phi) is 7.79. The van der Waals surface area contributed by atoms with E-state index in [-0.39, 0.29) is 0 Å². The molecule has 1 heteroatoms. The molecule has 0 aromatic carbocycles. The molecular weight excluding hydrogens is 184 g/mol. The zero-order valence-electron chi connectivity index (χ0n) is 10.6. The van der Waals surface area contributed by atoms with Crippen molar-refractivity contribution in [2.75, 3.05) is 7.11 Å². The molecule has 0 aliphatic carbocycles. The van der Waals surface area contributed by atoms with Crippen LogP contribution in [0.3, 0.4) is 0 Å². The van der Waals surface area contributed by atoms with Gasteiger partial charge in [0, 0.05) is 6.42 Å². The summed E-state index contributed by atoms with van der Waals surface area (Å²) >= 11 is 0. The van der Waals surface area contributed by atoms with Gasteiger partial charge < -0.3 is 4.74 Å². The molecule has 0 aromatic heterocycles. The Morgan fingerprint density at radius 1 is 1.07 bits per heavy atom. The molecule has 0 aromatic rings. The average molecular weight is 208 g/mol. The van der Waals surface area contributed by atoms with E-state index in [0.717, 1.165) is 31.4 Å². The molecule has 0 spiro atoms. The highest BCUT2D eigenvalue weighted by Gasteiger charge is 1.92. The zero-order chi connectivity index (χ0) is 11.7. The van der Waals surface area contributed by atoms with Gasteiger partial charge in [-0.15, -0.1) is 0 Å². The summed E-state index contributed by atoms with van der Waals surface area (Å²) < 4.78 is 5.01. The van der Waals surface area contributed by atoms with E-state index in [4.69, 9.17) is 4.74 Å². The first-order valence-electron chi connectivity index (χ1n) is 5.57. The van der Waals surface area contributed by atoms with Crippen LogP contribution in [0.2, 0.25) is 0 Å². The monoisotopic (exact) mass is 208 g/mol. The van der Waals surface area contributed by atoms with E-state index in [1.165, 1.54) is 11.1 Å². The molecule has 0 heterocycles. The van der Waals surface area contributed by atoms with Crippen molar-refractivity contribution in [2.45, 2.75) is 46.5 Å². The number of rotatable bonds is 7. The van der Waals surface area contributed by atoms with Crippen LogP contribution in [0, 0.1) is 0 Å². The Morgan fingerprint density at radius 3 is 2.20 bits per heavy atom.